The average Bonchev–Trinajstić information content (AvgIpc) is 2.78. The van der Waals surface area contributed by atoms with E-state index >= 15 is 0 Å². The molecule has 2 aromatic carbocycles. The topological polar surface area (TPSA) is 70.7 Å². The van der Waals surface area contributed by atoms with E-state index in [0.717, 1.165) is 50.5 Å². The number of morpholine rings is 1. The second-order valence-electron chi connectivity index (χ2n) is 7.92. The van der Waals surface area contributed by atoms with Crippen molar-refractivity contribution in [2.45, 2.75) is 32.9 Å². The lowest BCUT2D eigenvalue weighted by molar-refractivity contribution is -0.119. The predicted molar refractivity (Wildman–Crippen MR) is 123 cm³/mol. The van der Waals surface area contributed by atoms with E-state index in [1.807, 2.05) is 32.0 Å². The van der Waals surface area contributed by atoms with Gasteiger partial charge in [0.25, 0.3) is 5.91 Å². The Balaban J connectivity index is 1.66. The first-order valence-electron chi connectivity index (χ1n) is 10.7. The van der Waals surface area contributed by atoms with Gasteiger partial charge in [-0.1, -0.05) is 44.0 Å². The molecule has 2 N–H and O–H groups in total. The largest absolute Gasteiger partial charge is 0.379 e. The highest BCUT2D eigenvalue weighted by Gasteiger charge is 2.26. The zero-order chi connectivity index (χ0) is 22.2. The van der Waals surface area contributed by atoms with Gasteiger partial charge in [0.15, 0.2) is 0 Å². The fourth-order valence-electron chi connectivity index (χ4n) is 3.51. The lowest BCUT2D eigenvalue weighted by Gasteiger charge is -2.27. The van der Waals surface area contributed by atoms with Crippen LogP contribution in [0.5, 0.6) is 0 Å². The summed E-state index contributed by atoms with van der Waals surface area (Å²) < 4.78 is 5.40. The van der Waals surface area contributed by atoms with E-state index in [9.17, 15) is 9.59 Å². The summed E-state index contributed by atoms with van der Waals surface area (Å²) in [5, 5.41) is 6.43. The molecule has 1 fully saturated rings. The molecule has 2 amide bonds. The van der Waals surface area contributed by atoms with E-state index in [2.05, 4.69) is 21.6 Å². The van der Waals surface area contributed by atoms with Gasteiger partial charge in [-0.15, -0.1) is 0 Å². The minimum Gasteiger partial charge on any atom is -0.379 e. The molecular formula is C24H30ClN3O3. The predicted octanol–water partition coefficient (Wildman–Crippen LogP) is 3.96. The van der Waals surface area contributed by atoms with E-state index in [-0.39, 0.29) is 17.7 Å². The second kappa shape index (κ2) is 11.3. The molecule has 31 heavy (non-hydrogen) atoms. The molecule has 1 aliphatic rings. The summed E-state index contributed by atoms with van der Waals surface area (Å²) >= 11 is 5.90. The highest BCUT2D eigenvalue weighted by atomic mass is 35.5. The van der Waals surface area contributed by atoms with Crippen molar-refractivity contribution >= 4 is 29.1 Å². The van der Waals surface area contributed by atoms with Crippen molar-refractivity contribution in [3.05, 3.63) is 64.7 Å². The Morgan fingerprint density at radius 2 is 1.84 bits per heavy atom. The number of nitrogens with one attached hydrogen (secondary N) is 2. The zero-order valence-corrected chi connectivity index (χ0v) is 18.8. The third-order valence-corrected chi connectivity index (χ3v) is 5.84. The van der Waals surface area contributed by atoms with Crippen molar-refractivity contribution in [1.82, 2.24) is 10.2 Å². The maximum absolute atomic E-state index is 13.1. The first kappa shape index (κ1) is 23.3. The fraction of sp³-hybridized carbons (Fsp3) is 0.417. The van der Waals surface area contributed by atoms with Crippen LogP contribution in [-0.4, -0.2) is 49.1 Å². The molecule has 3 rings (SSSR count). The number of rotatable bonds is 8. The maximum atomic E-state index is 13.1. The lowest BCUT2D eigenvalue weighted by atomic mass is 9.97. The summed E-state index contributed by atoms with van der Waals surface area (Å²) in [5.74, 6) is -0.536. The summed E-state index contributed by atoms with van der Waals surface area (Å²) in [6, 6.07) is 13.8. The van der Waals surface area contributed by atoms with E-state index < -0.39 is 6.04 Å². The fourth-order valence-corrected chi connectivity index (χ4v) is 3.64. The molecule has 2 aromatic rings. The summed E-state index contributed by atoms with van der Waals surface area (Å²) in [6.07, 6.45) is 0.760. The van der Waals surface area contributed by atoms with E-state index in [1.54, 1.807) is 24.3 Å². The van der Waals surface area contributed by atoms with Gasteiger partial charge < -0.3 is 15.4 Å². The number of amides is 2. The summed E-state index contributed by atoms with van der Waals surface area (Å²) in [4.78, 5) is 28.1. The van der Waals surface area contributed by atoms with Crippen LogP contribution in [-0.2, 0) is 16.1 Å². The first-order valence-corrected chi connectivity index (χ1v) is 11.1. The number of nitrogens with zero attached hydrogens (tertiary/aromatic N) is 1. The molecule has 6 nitrogen and oxygen atoms in total. The molecule has 7 heteroatoms. The molecule has 0 aliphatic carbocycles. The van der Waals surface area contributed by atoms with Gasteiger partial charge in [-0.05, 0) is 47.9 Å². The zero-order valence-electron chi connectivity index (χ0n) is 18.1. The smallest absolute Gasteiger partial charge is 0.251 e. The molecule has 1 aliphatic heterocycles. The van der Waals surface area contributed by atoms with Crippen molar-refractivity contribution in [1.29, 1.82) is 0 Å². The molecular weight excluding hydrogens is 414 g/mol. The number of carbonyl (C=O) groups is 2. The van der Waals surface area contributed by atoms with E-state index in [1.165, 1.54) is 0 Å². The third-order valence-electron chi connectivity index (χ3n) is 5.59. The number of benzene rings is 2. The molecule has 2 unspecified atom stereocenters. The Hall–Kier alpha value is -2.41. The van der Waals surface area contributed by atoms with Gasteiger partial charge in [-0.25, -0.2) is 0 Å². The van der Waals surface area contributed by atoms with Crippen molar-refractivity contribution < 1.29 is 14.3 Å². The quantitative estimate of drug-likeness (QED) is 0.648. The Kier molecular flexibility index (Phi) is 8.46. The average molecular weight is 444 g/mol. The Bertz CT molecular complexity index is 882. The highest BCUT2D eigenvalue weighted by Crippen LogP contribution is 2.17. The third kappa shape index (κ3) is 6.79. The normalized spacial score (nSPS) is 16.4. The molecule has 1 saturated heterocycles. The van der Waals surface area contributed by atoms with Crippen molar-refractivity contribution in [3.8, 4) is 0 Å². The van der Waals surface area contributed by atoms with Gasteiger partial charge in [-0.3, -0.25) is 14.5 Å². The van der Waals surface area contributed by atoms with Gasteiger partial charge >= 0.3 is 0 Å². The van der Waals surface area contributed by atoms with Crippen molar-refractivity contribution in [2.75, 3.05) is 31.6 Å². The Morgan fingerprint density at radius 1 is 1.13 bits per heavy atom. The number of hydrogen-bond donors (Lipinski definition) is 2. The van der Waals surface area contributed by atoms with Crippen LogP contribution in [0.2, 0.25) is 5.02 Å². The van der Waals surface area contributed by atoms with Crippen LogP contribution in [0.4, 0.5) is 5.69 Å². The SMILES string of the molecule is CCC(C)C(NC(=O)c1ccc(Cl)cc1)C(=O)Nc1cccc(CN2CCOCC2)c1. The van der Waals surface area contributed by atoms with Crippen molar-refractivity contribution in [3.63, 3.8) is 0 Å². The maximum Gasteiger partial charge on any atom is 0.251 e. The Morgan fingerprint density at radius 3 is 2.52 bits per heavy atom. The van der Waals surface area contributed by atoms with E-state index in [0.29, 0.717) is 10.6 Å². The summed E-state index contributed by atoms with van der Waals surface area (Å²) in [6.45, 7) is 8.09. The van der Waals surface area contributed by atoms with Gasteiger partial charge in [-0.2, -0.15) is 0 Å². The minimum absolute atomic E-state index is 0.0206. The number of ether oxygens (including phenoxy) is 1. The Labute approximate surface area is 188 Å². The van der Waals surface area contributed by atoms with Crippen LogP contribution < -0.4 is 10.6 Å². The lowest BCUT2D eigenvalue weighted by Crippen LogP contribution is -2.47. The molecule has 0 bridgehead atoms. The molecule has 2 atom stereocenters. The van der Waals surface area contributed by atoms with Gasteiger partial charge in [0.1, 0.15) is 6.04 Å². The van der Waals surface area contributed by atoms with E-state index in [4.69, 9.17) is 16.3 Å². The molecule has 0 aromatic heterocycles. The van der Waals surface area contributed by atoms with Crippen LogP contribution in [0.1, 0.15) is 36.2 Å². The number of halogens is 1. The molecule has 0 radical (unpaired) electrons. The minimum atomic E-state index is -0.643. The molecule has 0 saturated carbocycles. The summed E-state index contributed by atoms with van der Waals surface area (Å²) in [5.41, 5.74) is 2.33. The van der Waals surface area contributed by atoms with Crippen LogP contribution in [0.15, 0.2) is 48.5 Å². The molecule has 1 heterocycles. The highest BCUT2D eigenvalue weighted by molar-refractivity contribution is 6.30. The van der Waals surface area contributed by atoms with Gasteiger partial charge in [0.2, 0.25) is 5.91 Å². The van der Waals surface area contributed by atoms with Crippen LogP contribution in [0, 0.1) is 5.92 Å². The van der Waals surface area contributed by atoms with Gasteiger partial charge in [0, 0.05) is 35.9 Å². The van der Waals surface area contributed by atoms with Crippen LogP contribution in [0.3, 0.4) is 0 Å². The molecule has 0 spiro atoms. The van der Waals surface area contributed by atoms with Crippen molar-refractivity contribution in [2.24, 2.45) is 5.92 Å². The summed E-state index contributed by atoms with van der Waals surface area (Å²) in [7, 11) is 0. The van der Waals surface area contributed by atoms with Crippen LogP contribution >= 0.6 is 11.6 Å². The molecule has 166 valence electrons. The second-order valence-corrected chi connectivity index (χ2v) is 8.36. The number of carbonyl (C=O) groups excluding carboxylic acids is 2. The standard InChI is InChI=1S/C24H30ClN3O3/c1-3-17(2)22(27-23(29)19-7-9-20(25)10-8-19)24(30)26-21-6-4-5-18(15-21)16-28-11-13-31-14-12-28/h4-10,15,17,22H,3,11-14,16H2,1-2H3,(H,26,30)(H,27,29). The number of anilines is 1. The van der Waals surface area contributed by atoms with Crippen LogP contribution in [0.25, 0.3) is 0 Å². The monoisotopic (exact) mass is 443 g/mol. The number of hydrogen-bond acceptors (Lipinski definition) is 4. The first-order chi connectivity index (χ1) is 15.0. The van der Waals surface area contributed by atoms with Gasteiger partial charge in [0.05, 0.1) is 13.2 Å².